The first-order chi connectivity index (χ1) is 5.93. The quantitative estimate of drug-likeness (QED) is 0.668. The summed E-state index contributed by atoms with van der Waals surface area (Å²) < 4.78 is 0. The Morgan fingerprint density at radius 2 is 1.54 bits per heavy atom. The second kappa shape index (κ2) is 6.39. The molecule has 0 aromatic heterocycles. The molecule has 0 aliphatic heterocycles. The highest BCUT2D eigenvalue weighted by molar-refractivity contribution is 4.71. The number of hydrogen-bond acceptors (Lipinski definition) is 2. The van der Waals surface area contributed by atoms with Gasteiger partial charge in [-0.15, -0.1) is 0 Å². The molecule has 2 heteroatoms. The zero-order valence-corrected chi connectivity index (χ0v) is 9.67. The minimum absolute atomic E-state index is 0.196. The predicted octanol–water partition coefficient (Wildman–Crippen LogP) is 2.17. The van der Waals surface area contributed by atoms with Gasteiger partial charge in [0.2, 0.25) is 0 Å². The van der Waals surface area contributed by atoms with Gasteiger partial charge in [-0.25, -0.2) is 0 Å². The zero-order chi connectivity index (χ0) is 10.4. The Hall–Kier alpha value is -0.0800. The Labute approximate surface area is 82.7 Å². The van der Waals surface area contributed by atoms with Crippen molar-refractivity contribution in [3.05, 3.63) is 0 Å². The topological polar surface area (TPSA) is 32.3 Å². The summed E-state index contributed by atoms with van der Waals surface area (Å²) in [7, 11) is 0. The summed E-state index contributed by atoms with van der Waals surface area (Å²) in [5.41, 5.74) is 0. The lowest BCUT2D eigenvalue weighted by molar-refractivity contribution is 0.145. The van der Waals surface area contributed by atoms with Gasteiger partial charge in [0.25, 0.3) is 0 Å². The van der Waals surface area contributed by atoms with E-state index in [4.69, 9.17) is 0 Å². The molecule has 80 valence electrons. The standard InChI is InChI=1S/C11H25NO/c1-8(2)6-7-9(3)12-10(4)11(5)13/h8-13H,6-7H2,1-5H3. The van der Waals surface area contributed by atoms with Crippen molar-refractivity contribution in [2.45, 2.75) is 65.6 Å². The molecule has 2 nitrogen and oxygen atoms in total. The second-order valence-corrected chi connectivity index (χ2v) is 4.57. The van der Waals surface area contributed by atoms with Crippen LogP contribution < -0.4 is 5.32 Å². The van der Waals surface area contributed by atoms with Crippen molar-refractivity contribution in [1.82, 2.24) is 5.32 Å². The molecule has 2 N–H and O–H groups in total. The smallest absolute Gasteiger partial charge is 0.0662 e. The van der Waals surface area contributed by atoms with Gasteiger partial charge in [0.15, 0.2) is 0 Å². The maximum absolute atomic E-state index is 9.28. The number of aliphatic hydroxyl groups excluding tert-OH is 1. The van der Waals surface area contributed by atoms with E-state index in [1.54, 1.807) is 0 Å². The largest absolute Gasteiger partial charge is 0.392 e. The van der Waals surface area contributed by atoms with E-state index in [0.717, 1.165) is 5.92 Å². The molecular weight excluding hydrogens is 162 g/mol. The van der Waals surface area contributed by atoms with Gasteiger partial charge in [-0.1, -0.05) is 13.8 Å². The molecule has 0 saturated carbocycles. The molecule has 0 bridgehead atoms. The van der Waals surface area contributed by atoms with Crippen LogP contribution in [-0.2, 0) is 0 Å². The van der Waals surface area contributed by atoms with E-state index in [9.17, 15) is 5.11 Å². The molecule has 3 unspecified atom stereocenters. The molecule has 0 aliphatic rings. The maximum atomic E-state index is 9.28. The van der Waals surface area contributed by atoms with Crippen molar-refractivity contribution >= 4 is 0 Å². The van der Waals surface area contributed by atoms with Gasteiger partial charge in [0.1, 0.15) is 0 Å². The van der Waals surface area contributed by atoms with Crippen LogP contribution in [0.4, 0.5) is 0 Å². The van der Waals surface area contributed by atoms with E-state index in [1.165, 1.54) is 12.8 Å². The van der Waals surface area contributed by atoms with Crippen molar-refractivity contribution < 1.29 is 5.11 Å². The van der Waals surface area contributed by atoms with E-state index in [2.05, 4.69) is 26.1 Å². The third kappa shape index (κ3) is 7.03. The van der Waals surface area contributed by atoms with E-state index in [1.807, 2.05) is 13.8 Å². The number of rotatable bonds is 6. The summed E-state index contributed by atoms with van der Waals surface area (Å²) in [5.74, 6) is 0.770. The van der Waals surface area contributed by atoms with Crippen LogP contribution in [0.5, 0.6) is 0 Å². The molecule has 0 amide bonds. The highest BCUT2D eigenvalue weighted by Gasteiger charge is 2.11. The summed E-state index contributed by atoms with van der Waals surface area (Å²) in [5, 5.41) is 12.7. The summed E-state index contributed by atoms with van der Waals surface area (Å²) in [6.45, 7) is 10.5. The van der Waals surface area contributed by atoms with Gasteiger partial charge in [0, 0.05) is 12.1 Å². The molecule has 0 saturated heterocycles. The first-order valence-electron chi connectivity index (χ1n) is 5.37. The molecule has 0 aromatic carbocycles. The molecule has 3 atom stereocenters. The third-order valence-corrected chi connectivity index (χ3v) is 2.45. The molecule has 13 heavy (non-hydrogen) atoms. The van der Waals surface area contributed by atoms with Gasteiger partial charge < -0.3 is 10.4 Å². The average molecular weight is 187 g/mol. The predicted molar refractivity (Wildman–Crippen MR) is 57.8 cm³/mol. The molecule has 0 aliphatic carbocycles. The monoisotopic (exact) mass is 187 g/mol. The Morgan fingerprint density at radius 3 is 1.92 bits per heavy atom. The third-order valence-electron chi connectivity index (χ3n) is 2.45. The van der Waals surface area contributed by atoms with Crippen LogP contribution in [0.3, 0.4) is 0 Å². The van der Waals surface area contributed by atoms with Gasteiger partial charge in [-0.05, 0) is 39.5 Å². The zero-order valence-electron chi connectivity index (χ0n) is 9.67. The fourth-order valence-corrected chi connectivity index (χ4v) is 1.25. The minimum atomic E-state index is -0.263. The van der Waals surface area contributed by atoms with Gasteiger partial charge >= 0.3 is 0 Å². The van der Waals surface area contributed by atoms with Crippen molar-refractivity contribution in [3.8, 4) is 0 Å². The van der Waals surface area contributed by atoms with Crippen LogP contribution in [0.1, 0.15) is 47.5 Å². The molecule has 0 rings (SSSR count). The Kier molecular flexibility index (Phi) is 6.35. The Bertz CT molecular complexity index is 123. The van der Waals surface area contributed by atoms with Crippen LogP contribution in [0.2, 0.25) is 0 Å². The maximum Gasteiger partial charge on any atom is 0.0662 e. The summed E-state index contributed by atoms with van der Waals surface area (Å²) in [6.07, 6.45) is 2.18. The van der Waals surface area contributed by atoms with Crippen molar-refractivity contribution in [2.75, 3.05) is 0 Å². The lowest BCUT2D eigenvalue weighted by Crippen LogP contribution is -2.41. The summed E-state index contributed by atoms with van der Waals surface area (Å²) >= 11 is 0. The van der Waals surface area contributed by atoms with Crippen LogP contribution >= 0.6 is 0 Å². The van der Waals surface area contributed by atoms with Crippen LogP contribution in [0.25, 0.3) is 0 Å². The van der Waals surface area contributed by atoms with Crippen molar-refractivity contribution in [2.24, 2.45) is 5.92 Å². The number of hydrogen-bond donors (Lipinski definition) is 2. The fourth-order valence-electron chi connectivity index (χ4n) is 1.25. The first-order valence-corrected chi connectivity index (χ1v) is 5.37. The van der Waals surface area contributed by atoms with Crippen LogP contribution in [0, 0.1) is 5.92 Å². The van der Waals surface area contributed by atoms with E-state index >= 15 is 0 Å². The molecule has 0 spiro atoms. The van der Waals surface area contributed by atoms with E-state index in [0.29, 0.717) is 6.04 Å². The molecule has 0 heterocycles. The highest BCUT2D eigenvalue weighted by Crippen LogP contribution is 2.07. The first kappa shape index (κ1) is 12.9. The van der Waals surface area contributed by atoms with Crippen molar-refractivity contribution in [3.63, 3.8) is 0 Å². The lowest BCUT2D eigenvalue weighted by atomic mass is 10.0. The Balaban J connectivity index is 3.55. The van der Waals surface area contributed by atoms with Crippen LogP contribution in [0.15, 0.2) is 0 Å². The van der Waals surface area contributed by atoms with E-state index < -0.39 is 0 Å². The summed E-state index contributed by atoms with van der Waals surface area (Å²) in [6, 6.07) is 0.703. The lowest BCUT2D eigenvalue weighted by Gasteiger charge is -2.22. The number of nitrogens with one attached hydrogen (secondary N) is 1. The van der Waals surface area contributed by atoms with E-state index in [-0.39, 0.29) is 12.1 Å². The molecule has 0 radical (unpaired) electrons. The molecular formula is C11H25NO. The van der Waals surface area contributed by atoms with Gasteiger partial charge in [-0.3, -0.25) is 0 Å². The molecule has 0 fully saturated rings. The minimum Gasteiger partial charge on any atom is -0.392 e. The SMILES string of the molecule is CC(C)CCC(C)NC(C)C(C)O. The van der Waals surface area contributed by atoms with Gasteiger partial charge in [0.05, 0.1) is 6.10 Å². The summed E-state index contributed by atoms with van der Waals surface area (Å²) in [4.78, 5) is 0. The second-order valence-electron chi connectivity index (χ2n) is 4.57. The average Bonchev–Trinajstić information content (AvgIpc) is 2.00. The normalized spacial score (nSPS) is 18.7. The fraction of sp³-hybridized carbons (Fsp3) is 1.00. The van der Waals surface area contributed by atoms with Gasteiger partial charge in [-0.2, -0.15) is 0 Å². The molecule has 0 aromatic rings. The van der Waals surface area contributed by atoms with Crippen molar-refractivity contribution in [1.29, 1.82) is 0 Å². The van der Waals surface area contributed by atoms with Crippen LogP contribution in [-0.4, -0.2) is 23.3 Å². The Morgan fingerprint density at radius 1 is 1.00 bits per heavy atom. The highest BCUT2D eigenvalue weighted by atomic mass is 16.3. The number of aliphatic hydroxyl groups is 1.